The molecule has 2 heterocycles. The molecule has 0 spiro atoms. The van der Waals surface area contributed by atoms with Crippen LogP contribution in [0.25, 0.3) is 10.9 Å². The van der Waals surface area contributed by atoms with E-state index in [2.05, 4.69) is 16.9 Å². The third kappa shape index (κ3) is 2.03. The van der Waals surface area contributed by atoms with Crippen LogP contribution in [-0.2, 0) is 4.74 Å². The SMILES string of the molecule is Cc1nc2cc3c(cc2c(=O)[nH]1)C(OC1(C)CCC1)CO3. The van der Waals surface area contributed by atoms with E-state index in [1.807, 2.05) is 12.1 Å². The molecular weight excluding hydrogens is 268 g/mol. The quantitative estimate of drug-likeness (QED) is 0.921. The number of aromatic nitrogens is 2. The van der Waals surface area contributed by atoms with Gasteiger partial charge in [0.2, 0.25) is 0 Å². The van der Waals surface area contributed by atoms with Crippen LogP contribution in [0.15, 0.2) is 16.9 Å². The van der Waals surface area contributed by atoms with Crippen LogP contribution in [0.3, 0.4) is 0 Å². The Morgan fingerprint density at radius 3 is 2.95 bits per heavy atom. The summed E-state index contributed by atoms with van der Waals surface area (Å²) < 4.78 is 12.0. The molecule has 5 nitrogen and oxygen atoms in total. The Hall–Kier alpha value is -1.88. The number of nitrogens with one attached hydrogen (secondary N) is 1. The lowest BCUT2D eigenvalue weighted by atomic mass is 9.81. The normalized spacial score (nSPS) is 22.7. The number of H-pyrrole nitrogens is 1. The van der Waals surface area contributed by atoms with Crippen molar-refractivity contribution in [2.45, 2.75) is 44.8 Å². The molecule has 1 atom stereocenters. The van der Waals surface area contributed by atoms with E-state index >= 15 is 0 Å². The molecule has 1 fully saturated rings. The highest BCUT2D eigenvalue weighted by Gasteiger charge is 2.38. The Bertz CT molecular complexity index is 777. The van der Waals surface area contributed by atoms with Crippen LogP contribution >= 0.6 is 0 Å². The molecule has 1 saturated carbocycles. The molecule has 110 valence electrons. The number of benzene rings is 1. The maximum Gasteiger partial charge on any atom is 0.258 e. The van der Waals surface area contributed by atoms with Crippen LogP contribution in [0.5, 0.6) is 5.75 Å². The van der Waals surface area contributed by atoms with Gasteiger partial charge in [0.1, 0.15) is 24.3 Å². The monoisotopic (exact) mass is 286 g/mol. The molecule has 0 amide bonds. The number of ether oxygens (including phenoxy) is 2. The summed E-state index contributed by atoms with van der Waals surface area (Å²) in [6, 6.07) is 3.72. The average molecular weight is 286 g/mol. The topological polar surface area (TPSA) is 64.2 Å². The van der Waals surface area contributed by atoms with E-state index < -0.39 is 0 Å². The molecule has 4 rings (SSSR count). The first-order valence-electron chi connectivity index (χ1n) is 7.39. The molecular formula is C16H18N2O3. The molecule has 21 heavy (non-hydrogen) atoms. The van der Waals surface area contributed by atoms with E-state index in [9.17, 15) is 4.79 Å². The molecule has 1 unspecified atom stereocenters. The molecule has 5 heteroatoms. The van der Waals surface area contributed by atoms with E-state index in [0.29, 0.717) is 23.3 Å². The third-order valence-corrected chi connectivity index (χ3v) is 4.53. The number of rotatable bonds is 2. The molecule has 0 radical (unpaired) electrons. The highest BCUT2D eigenvalue weighted by atomic mass is 16.6. The van der Waals surface area contributed by atoms with Gasteiger partial charge in [0.05, 0.1) is 16.5 Å². The lowest BCUT2D eigenvalue weighted by molar-refractivity contribution is -0.132. The number of hydrogen-bond acceptors (Lipinski definition) is 4. The first-order chi connectivity index (χ1) is 10.0. The summed E-state index contributed by atoms with van der Waals surface area (Å²) in [5.74, 6) is 1.40. The van der Waals surface area contributed by atoms with E-state index in [-0.39, 0.29) is 17.3 Å². The molecule has 1 aromatic heterocycles. The summed E-state index contributed by atoms with van der Waals surface area (Å²) >= 11 is 0. The van der Waals surface area contributed by atoms with Gasteiger partial charge in [0.25, 0.3) is 5.56 Å². The minimum atomic E-state index is -0.110. The molecule has 2 aliphatic rings. The Balaban J connectivity index is 1.78. The number of aryl methyl sites for hydroxylation is 1. The Morgan fingerprint density at radius 1 is 1.43 bits per heavy atom. The Morgan fingerprint density at radius 2 is 2.24 bits per heavy atom. The minimum Gasteiger partial charge on any atom is -0.490 e. The van der Waals surface area contributed by atoms with Gasteiger partial charge in [-0.15, -0.1) is 0 Å². The largest absolute Gasteiger partial charge is 0.490 e. The molecule has 2 aromatic rings. The summed E-state index contributed by atoms with van der Waals surface area (Å²) in [6.07, 6.45) is 3.31. The van der Waals surface area contributed by atoms with Crippen molar-refractivity contribution in [2.75, 3.05) is 6.61 Å². The van der Waals surface area contributed by atoms with Gasteiger partial charge in [0, 0.05) is 11.6 Å². The number of aromatic amines is 1. The number of fused-ring (bicyclic) bond motifs is 2. The van der Waals surface area contributed by atoms with Gasteiger partial charge in [-0.2, -0.15) is 0 Å². The number of nitrogens with zero attached hydrogens (tertiary/aromatic N) is 1. The van der Waals surface area contributed by atoms with Crippen molar-refractivity contribution in [1.29, 1.82) is 0 Å². The highest BCUT2D eigenvalue weighted by molar-refractivity contribution is 5.81. The van der Waals surface area contributed by atoms with Crippen LogP contribution < -0.4 is 10.3 Å². The first-order valence-corrected chi connectivity index (χ1v) is 7.39. The Labute approximate surface area is 122 Å². The standard InChI is InChI=1S/C16H18N2O3/c1-9-17-12-7-13-11(6-10(12)15(19)18-9)14(8-20-13)21-16(2)4-3-5-16/h6-7,14H,3-5,8H2,1-2H3,(H,17,18,19). The van der Waals surface area contributed by atoms with Crippen LogP contribution in [0.1, 0.15) is 43.7 Å². The first kappa shape index (κ1) is 12.8. The zero-order valence-corrected chi connectivity index (χ0v) is 12.2. The van der Waals surface area contributed by atoms with E-state index in [0.717, 1.165) is 24.2 Å². The second-order valence-corrected chi connectivity index (χ2v) is 6.28. The smallest absolute Gasteiger partial charge is 0.258 e. The van der Waals surface area contributed by atoms with E-state index in [1.165, 1.54) is 6.42 Å². The molecule has 1 aliphatic heterocycles. The minimum absolute atomic E-state index is 0.0391. The molecule has 1 N–H and O–H groups in total. The van der Waals surface area contributed by atoms with Gasteiger partial charge < -0.3 is 14.5 Å². The van der Waals surface area contributed by atoms with Crippen LogP contribution in [0.4, 0.5) is 0 Å². The van der Waals surface area contributed by atoms with Gasteiger partial charge in [-0.25, -0.2) is 4.98 Å². The van der Waals surface area contributed by atoms with Crippen molar-refractivity contribution in [3.05, 3.63) is 33.9 Å². The summed E-state index contributed by atoms with van der Waals surface area (Å²) in [7, 11) is 0. The van der Waals surface area contributed by atoms with Crippen molar-refractivity contribution in [3.63, 3.8) is 0 Å². The predicted molar refractivity (Wildman–Crippen MR) is 78.7 cm³/mol. The zero-order valence-electron chi connectivity index (χ0n) is 12.2. The summed E-state index contributed by atoms with van der Waals surface area (Å²) in [5, 5.41) is 0.595. The number of hydrogen-bond donors (Lipinski definition) is 1. The molecule has 0 saturated heterocycles. The summed E-state index contributed by atoms with van der Waals surface area (Å²) in [5.41, 5.74) is 1.49. The van der Waals surface area contributed by atoms with Crippen molar-refractivity contribution >= 4 is 10.9 Å². The van der Waals surface area contributed by atoms with Crippen LogP contribution in [0.2, 0.25) is 0 Å². The van der Waals surface area contributed by atoms with Gasteiger partial charge >= 0.3 is 0 Å². The maximum absolute atomic E-state index is 12.1. The predicted octanol–water partition coefficient (Wildman–Crippen LogP) is 2.62. The van der Waals surface area contributed by atoms with Gasteiger partial charge in [0.15, 0.2) is 0 Å². The second-order valence-electron chi connectivity index (χ2n) is 6.28. The van der Waals surface area contributed by atoms with Crippen molar-refractivity contribution in [3.8, 4) is 5.75 Å². The van der Waals surface area contributed by atoms with Crippen molar-refractivity contribution < 1.29 is 9.47 Å². The lowest BCUT2D eigenvalue weighted by Crippen LogP contribution is -2.38. The summed E-state index contributed by atoms with van der Waals surface area (Å²) in [4.78, 5) is 19.2. The fraction of sp³-hybridized carbons (Fsp3) is 0.500. The maximum atomic E-state index is 12.1. The highest BCUT2D eigenvalue weighted by Crippen LogP contribution is 2.44. The molecule has 1 aromatic carbocycles. The van der Waals surface area contributed by atoms with Gasteiger partial charge in [-0.1, -0.05) is 0 Å². The molecule has 1 aliphatic carbocycles. The van der Waals surface area contributed by atoms with Crippen molar-refractivity contribution in [2.24, 2.45) is 0 Å². The van der Waals surface area contributed by atoms with Crippen LogP contribution in [-0.4, -0.2) is 22.2 Å². The fourth-order valence-electron chi connectivity index (χ4n) is 3.17. The van der Waals surface area contributed by atoms with Gasteiger partial charge in [-0.05, 0) is 39.2 Å². The fourth-order valence-corrected chi connectivity index (χ4v) is 3.17. The second kappa shape index (κ2) is 4.31. The third-order valence-electron chi connectivity index (χ3n) is 4.53. The zero-order chi connectivity index (χ0) is 14.6. The van der Waals surface area contributed by atoms with E-state index in [1.54, 1.807) is 6.92 Å². The lowest BCUT2D eigenvalue weighted by Gasteiger charge is -2.40. The Kier molecular flexibility index (Phi) is 2.63. The van der Waals surface area contributed by atoms with Crippen molar-refractivity contribution in [1.82, 2.24) is 9.97 Å². The van der Waals surface area contributed by atoms with E-state index in [4.69, 9.17) is 9.47 Å². The average Bonchev–Trinajstić information content (AvgIpc) is 2.77. The van der Waals surface area contributed by atoms with Crippen LogP contribution in [0, 0.1) is 6.92 Å². The molecule has 0 bridgehead atoms. The summed E-state index contributed by atoms with van der Waals surface area (Å²) in [6.45, 7) is 4.43. The van der Waals surface area contributed by atoms with Gasteiger partial charge in [-0.3, -0.25) is 4.79 Å².